The van der Waals surface area contributed by atoms with Gasteiger partial charge in [-0.05, 0) is 60.9 Å². The van der Waals surface area contributed by atoms with E-state index in [9.17, 15) is 0 Å². The zero-order valence-corrected chi connectivity index (χ0v) is 18.4. The number of rotatable bonds is 3. The Morgan fingerprint density at radius 2 is 1.94 bits per heavy atom. The molecule has 3 heterocycles. The van der Waals surface area contributed by atoms with E-state index >= 15 is 0 Å². The highest BCUT2D eigenvalue weighted by Crippen LogP contribution is 2.39. The third kappa shape index (κ3) is 3.20. The van der Waals surface area contributed by atoms with Gasteiger partial charge in [0.25, 0.3) is 0 Å². The minimum atomic E-state index is 0.150. The van der Waals surface area contributed by atoms with Gasteiger partial charge in [0, 0.05) is 28.4 Å². The van der Waals surface area contributed by atoms with Crippen LogP contribution in [0.1, 0.15) is 30.5 Å². The molecule has 0 radical (unpaired) electrons. The first kappa shape index (κ1) is 19.2. The molecule has 0 saturated carbocycles. The van der Waals surface area contributed by atoms with Crippen LogP contribution in [-0.2, 0) is 0 Å². The van der Waals surface area contributed by atoms with Crippen LogP contribution in [0.25, 0.3) is 27.9 Å². The lowest BCUT2D eigenvalue weighted by Crippen LogP contribution is -2.37. The Labute approximate surface area is 191 Å². The third-order valence-electron chi connectivity index (χ3n) is 6.27. The monoisotopic (exact) mass is 442 g/mol. The van der Waals surface area contributed by atoms with E-state index in [1.807, 2.05) is 24.3 Å². The van der Waals surface area contributed by atoms with E-state index < -0.39 is 0 Å². The molecule has 32 heavy (non-hydrogen) atoms. The predicted molar refractivity (Wildman–Crippen MR) is 130 cm³/mol. The first-order valence-corrected chi connectivity index (χ1v) is 11.1. The number of halogens is 1. The summed E-state index contributed by atoms with van der Waals surface area (Å²) in [6, 6.07) is 21.1. The zero-order chi connectivity index (χ0) is 21.7. The van der Waals surface area contributed by atoms with E-state index in [1.54, 1.807) is 6.33 Å². The normalized spacial score (nSPS) is 17.7. The van der Waals surface area contributed by atoms with Gasteiger partial charge in [-0.15, -0.1) is 5.53 Å². The van der Waals surface area contributed by atoms with Gasteiger partial charge in [0.15, 0.2) is 0 Å². The van der Waals surface area contributed by atoms with Gasteiger partial charge in [-0.2, -0.15) is 0 Å². The van der Waals surface area contributed by atoms with Gasteiger partial charge in [-0.1, -0.05) is 35.9 Å². The van der Waals surface area contributed by atoms with Gasteiger partial charge in [0.05, 0.1) is 34.8 Å². The lowest BCUT2D eigenvalue weighted by molar-refractivity contribution is 0.281. The molecule has 3 aromatic carbocycles. The number of imidazole rings is 1. The Morgan fingerprint density at radius 3 is 2.81 bits per heavy atom. The van der Waals surface area contributed by atoms with Crippen molar-refractivity contribution in [2.75, 3.05) is 11.9 Å². The van der Waals surface area contributed by atoms with E-state index in [4.69, 9.17) is 11.6 Å². The molecule has 1 atom stereocenters. The molecule has 2 aliphatic rings. The molecule has 4 N–H and O–H groups in total. The number of nitrogens with one attached hydrogen (secondary N) is 4. The molecule has 0 spiro atoms. The second kappa shape index (κ2) is 7.58. The van der Waals surface area contributed by atoms with Crippen LogP contribution in [-0.4, -0.2) is 21.5 Å². The summed E-state index contributed by atoms with van der Waals surface area (Å²) >= 11 is 6.10. The molecule has 0 amide bonds. The number of anilines is 1. The summed E-state index contributed by atoms with van der Waals surface area (Å²) in [5, 5.41) is 6.68. The number of hydrogen-bond donors (Lipinski definition) is 4. The number of hydrogen-bond acceptors (Lipinski definition) is 5. The fourth-order valence-corrected chi connectivity index (χ4v) is 4.85. The van der Waals surface area contributed by atoms with E-state index in [0.29, 0.717) is 0 Å². The molecule has 6 nitrogen and oxygen atoms in total. The van der Waals surface area contributed by atoms with E-state index in [1.165, 1.54) is 16.8 Å². The molecular weight excluding hydrogens is 420 g/mol. The van der Waals surface area contributed by atoms with Crippen molar-refractivity contribution in [3.05, 3.63) is 88.8 Å². The Hall–Kier alpha value is -3.48. The maximum Gasteiger partial charge on any atom is 0.0960 e. The van der Waals surface area contributed by atoms with Gasteiger partial charge in [-0.25, -0.2) is 4.98 Å². The molecule has 4 aromatic rings. The van der Waals surface area contributed by atoms with Crippen molar-refractivity contribution in [1.29, 1.82) is 0 Å². The van der Waals surface area contributed by atoms with E-state index in [0.717, 1.165) is 51.5 Å². The van der Waals surface area contributed by atoms with Crippen molar-refractivity contribution < 1.29 is 0 Å². The summed E-state index contributed by atoms with van der Waals surface area (Å²) in [6.45, 7) is 2.99. The molecule has 0 bridgehead atoms. The summed E-state index contributed by atoms with van der Waals surface area (Å²) < 4.78 is 0. The molecule has 0 fully saturated rings. The molecule has 160 valence electrons. The maximum absolute atomic E-state index is 6.10. The summed E-state index contributed by atoms with van der Waals surface area (Å²) in [6.07, 6.45) is 2.70. The van der Waals surface area contributed by atoms with Crippen molar-refractivity contribution in [3.8, 4) is 11.1 Å². The van der Waals surface area contributed by atoms with Crippen molar-refractivity contribution in [1.82, 2.24) is 25.9 Å². The predicted octanol–water partition coefficient (Wildman–Crippen LogP) is 5.45. The molecular formula is C25H23ClN6. The second-order valence-corrected chi connectivity index (χ2v) is 8.70. The number of para-hydroxylation sites is 1. The first-order valence-electron chi connectivity index (χ1n) is 10.8. The number of hydrazine groups is 2. The van der Waals surface area contributed by atoms with Crippen LogP contribution in [0.5, 0.6) is 0 Å². The molecule has 2 aliphatic heterocycles. The van der Waals surface area contributed by atoms with Crippen LogP contribution < -0.4 is 16.3 Å². The van der Waals surface area contributed by atoms with Crippen LogP contribution in [0.4, 0.5) is 5.69 Å². The van der Waals surface area contributed by atoms with Crippen LogP contribution >= 0.6 is 11.6 Å². The Bertz CT molecular complexity index is 1340. The van der Waals surface area contributed by atoms with Crippen LogP contribution in [0, 0.1) is 0 Å². The van der Waals surface area contributed by atoms with Gasteiger partial charge in [0.1, 0.15) is 0 Å². The number of allylic oxidation sites excluding steroid dienone is 1. The quantitative estimate of drug-likeness (QED) is 0.339. The Kier molecular flexibility index (Phi) is 4.56. The molecule has 0 aliphatic carbocycles. The fourth-order valence-electron chi connectivity index (χ4n) is 4.73. The van der Waals surface area contributed by atoms with E-state index in [2.05, 4.69) is 74.6 Å². The standard InChI is InChI=1S/C25H23ClN6/c1-15-25-20-10-5-16(19-3-2-4-23-24(19)28-14-27-23)13-21(20)22(11-12-32(25)31-30-15)29-18-8-6-17(26)7-9-18/h2-10,13-14,22,29-31H,11-12H2,1H3,(H,27,28). The van der Waals surface area contributed by atoms with Gasteiger partial charge in [0.2, 0.25) is 0 Å². The van der Waals surface area contributed by atoms with Crippen LogP contribution in [0.3, 0.4) is 0 Å². The van der Waals surface area contributed by atoms with Crippen molar-refractivity contribution in [2.24, 2.45) is 0 Å². The Morgan fingerprint density at radius 1 is 1.06 bits per heavy atom. The van der Waals surface area contributed by atoms with Crippen molar-refractivity contribution >= 4 is 34.0 Å². The SMILES string of the molecule is CC1=C2c3ccc(-c4cccc5[nH]cnc45)cc3C(Nc3ccc(Cl)cc3)CCN2NN1. The summed E-state index contributed by atoms with van der Waals surface area (Å²) in [4.78, 5) is 7.78. The van der Waals surface area contributed by atoms with Gasteiger partial charge >= 0.3 is 0 Å². The lowest BCUT2D eigenvalue weighted by atomic mass is 9.92. The number of nitrogens with zero attached hydrogens (tertiary/aromatic N) is 2. The third-order valence-corrected chi connectivity index (χ3v) is 6.52. The zero-order valence-electron chi connectivity index (χ0n) is 17.6. The van der Waals surface area contributed by atoms with Crippen LogP contribution in [0.2, 0.25) is 5.02 Å². The number of aromatic amines is 1. The molecule has 1 aromatic heterocycles. The minimum Gasteiger partial charge on any atom is -0.378 e. The second-order valence-electron chi connectivity index (χ2n) is 8.26. The minimum absolute atomic E-state index is 0.150. The smallest absolute Gasteiger partial charge is 0.0960 e. The molecule has 6 rings (SSSR count). The maximum atomic E-state index is 6.10. The highest BCUT2D eigenvalue weighted by molar-refractivity contribution is 6.30. The molecule has 1 unspecified atom stereocenters. The summed E-state index contributed by atoms with van der Waals surface area (Å²) in [5.74, 6) is 0. The average Bonchev–Trinajstić information content (AvgIpc) is 3.40. The van der Waals surface area contributed by atoms with Crippen LogP contribution in [0.15, 0.2) is 72.7 Å². The summed E-state index contributed by atoms with van der Waals surface area (Å²) in [5.41, 5.74) is 16.8. The van der Waals surface area contributed by atoms with Gasteiger partial charge < -0.3 is 15.7 Å². The topological polar surface area (TPSA) is 68.0 Å². The average molecular weight is 443 g/mol. The van der Waals surface area contributed by atoms with Crippen molar-refractivity contribution in [3.63, 3.8) is 0 Å². The highest BCUT2D eigenvalue weighted by Gasteiger charge is 2.30. The largest absolute Gasteiger partial charge is 0.378 e. The van der Waals surface area contributed by atoms with E-state index in [-0.39, 0.29) is 6.04 Å². The lowest BCUT2D eigenvalue weighted by Gasteiger charge is -2.21. The summed E-state index contributed by atoms with van der Waals surface area (Å²) in [7, 11) is 0. The number of aromatic nitrogens is 2. The molecule has 0 saturated heterocycles. The fraction of sp³-hybridized carbons (Fsp3) is 0.160. The Balaban J connectivity index is 1.50. The highest BCUT2D eigenvalue weighted by atomic mass is 35.5. The first-order chi connectivity index (χ1) is 15.7. The van der Waals surface area contributed by atoms with Crippen molar-refractivity contribution in [2.45, 2.75) is 19.4 Å². The molecule has 7 heteroatoms. The number of benzene rings is 3. The number of fused-ring (bicyclic) bond motifs is 4. The number of H-pyrrole nitrogens is 1. The van der Waals surface area contributed by atoms with Gasteiger partial charge in [-0.3, -0.25) is 5.01 Å².